The molecular formula is C16H24N6O2. The fraction of sp³-hybridized carbons (Fsp3) is 0.625. The lowest BCUT2D eigenvalue weighted by atomic mass is 10.2. The fourth-order valence-electron chi connectivity index (χ4n) is 3.06. The lowest BCUT2D eigenvalue weighted by molar-refractivity contribution is -0.0306. The van der Waals surface area contributed by atoms with E-state index < -0.39 is 0 Å². The van der Waals surface area contributed by atoms with Gasteiger partial charge in [-0.3, -0.25) is 9.48 Å². The van der Waals surface area contributed by atoms with Crippen molar-refractivity contribution in [2.24, 2.45) is 0 Å². The van der Waals surface area contributed by atoms with Crippen LogP contribution in [0.2, 0.25) is 0 Å². The van der Waals surface area contributed by atoms with Gasteiger partial charge in [-0.2, -0.15) is 10.2 Å². The molecule has 3 heterocycles. The van der Waals surface area contributed by atoms with Crippen LogP contribution in [0.25, 0.3) is 0 Å². The quantitative estimate of drug-likeness (QED) is 0.833. The highest BCUT2D eigenvalue weighted by atomic mass is 16.5. The van der Waals surface area contributed by atoms with Crippen LogP contribution >= 0.6 is 0 Å². The molecule has 1 aliphatic rings. The van der Waals surface area contributed by atoms with Gasteiger partial charge in [0.05, 0.1) is 24.9 Å². The average Bonchev–Trinajstić information content (AvgIpc) is 3.08. The number of morpholine rings is 1. The second-order valence-corrected chi connectivity index (χ2v) is 6.12. The Balaban J connectivity index is 1.70. The predicted molar refractivity (Wildman–Crippen MR) is 87.8 cm³/mol. The number of carbonyl (C=O) groups is 1. The zero-order valence-electron chi connectivity index (χ0n) is 14.7. The highest BCUT2D eigenvalue weighted by Gasteiger charge is 2.28. The first-order valence-corrected chi connectivity index (χ1v) is 8.31. The zero-order valence-corrected chi connectivity index (χ0v) is 14.7. The molecule has 8 heteroatoms. The summed E-state index contributed by atoms with van der Waals surface area (Å²) in [5.41, 5.74) is 1.50. The number of rotatable bonds is 4. The van der Waals surface area contributed by atoms with Crippen molar-refractivity contribution in [3.8, 4) is 0 Å². The predicted octanol–water partition coefficient (Wildman–Crippen LogP) is 0.961. The van der Waals surface area contributed by atoms with Crippen LogP contribution in [0.4, 0.5) is 0 Å². The number of aryl methyl sites for hydroxylation is 4. The Bertz CT molecular complexity index is 735. The van der Waals surface area contributed by atoms with Gasteiger partial charge in [-0.15, -0.1) is 0 Å². The number of nitrogens with zero attached hydrogens (tertiary/aromatic N) is 6. The first-order valence-electron chi connectivity index (χ1n) is 8.31. The van der Waals surface area contributed by atoms with E-state index in [0.29, 0.717) is 38.5 Å². The van der Waals surface area contributed by atoms with Gasteiger partial charge >= 0.3 is 0 Å². The highest BCUT2D eigenvalue weighted by Crippen LogP contribution is 2.14. The number of hydrogen-bond donors (Lipinski definition) is 0. The summed E-state index contributed by atoms with van der Waals surface area (Å²) in [6, 6.07) is 1.85. The molecule has 0 aromatic carbocycles. The van der Waals surface area contributed by atoms with Crippen molar-refractivity contribution >= 4 is 5.91 Å². The summed E-state index contributed by atoms with van der Waals surface area (Å²) in [5.74, 6) is 1.62. The van der Waals surface area contributed by atoms with E-state index in [2.05, 4.69) is 15.2 Å². The van der Waals surface area contributed by atoms with Crippen LogP contribution in [0.5, 0.6) is 0 Å². The monoisotopic (exact) mass is 332 g/mol. The molecule has 0 aliphatic carbocycles. The van der Waals surface area contributed by atoms with Crippen molar-refractivity contribution in [3.63, 3.8) is 0 Å². The van der Waals surface area contributed by atoms with Crippen LogP contribution < -0.4 is 0 Å². The molecule has 1 atom stereocenters. The van der Waals surface area contributed by atoms with E-state index in [0.717, 1.165) is 17.3 Å². The molecule has 1 aliphatic heterocycles. The molecule has 0 bridgehead atoms. The molecule has 8 nitrogen and oxygen atoms in total. The van der Waals surface area contributed by atoms with Crippen LogP contribution in [-0.2, 0) is 17.8 Å². The lowest BCUT2D eigenvalue weighted by Gasteiger charge is -2.33. The molecule has 0 unspecified atom stereocenters. The molecule has 0 N–H and O–H groups in total. The Kier molecular flexibility index (Phi) is 4.66. The van der Waals surface area contributed by atoms with Crippen molar-refractivity contribution in [1.29, 1.82) is 0 Å². The Morgan fingerprint density at radius 3 is 2.75 bits per heavy atom. The molecule has 0 radical (unpaired) electrons. The summed E-state index contributed by atoms with van der Waals surface area (Å²) in [5, 5.41) is 8.73. The number of ether oxygens (including phenoxy) is 1. The Hall–Kier alpha value is -2.22. The second kappa shape index (κ2) is 6.72. The van der Waals surface area contributed by atoms with E-state index in [1.54, 1.807) is 4.68 Å². The Morgan fingerprint density at radius 1 is 1.29 bits per heavy atom. The SMILES string of the molecule is CCn1nc(C)cc1C(=O)N1CCO[C@H](Cn2nc(C)nc2C)C1. The van der Waals surface area contributed by atoms with Crippen LogP contribution in [0, 0.1) is 20.8 Å². The molecule has 0 spiro atoms. The zero-order chi connectivity index (χ0) is 17.3. The van der Waals surface area contributed by atoms with Crippen LogP contribution in [0.3, 0.4) is 0 Å². The molecular weight excluding hydrogens is 308 g/mol. The summed E-state index contributed by atoms with van der Waals surface area (Å²) in [7, 11) is 0. The molecule has 2 aromatic heterocycles. The van der Waals surface area contributed by atoms with Gasteiger partial charge in [-0.25, -0.2) is 9.67 Å². The van der Waals surface area contributed by atoms with Crippen LogP contribution in [-0.4, -0.2) is 61.2 Å². The number of hydrogen-bond acceptors (Lipinski definition) is 5. The third-order valence-electron chi connectivity index (χ3n) is 4.19. The first kappa shape index (κ1) is 16.6. The molecule has 1 fully saturated rings. The fourth-order valence-corrected chi connectivity index (χ4v) is 3.06. The van der Waals surface area contributed by atoms with E-state index >= 15 is 0 Å². The second-order valence-electron chi connectivity index (χ2n) is 6.12. The van der Waals surface area contributed by atoms with E-state index in [1.165, 1.54) is 0 Å². The summed E-state index contributed by atoms with van der Waals surface area (Å²) < 4.78 is 9.42. The Labute approximate surface area is 141 Å². The highest BCUT2D eigenvalue weighted by molar-refractivity contribution is 5.92. The van der Waals surface area contributed by atoms with Crippen molar-refractivity contribution in [3.05, 3.63) is 29.1 Å². The minimum atomic E-state index is -0.0819. The summed E-state index contributed by atoms with van der Waals surface area (Å²) in [6.07, 6.45) is -0.0819. The van der Waals surface area contributed by atoms with E-state index in [9.17, 15) is 4.79 Å². The number of carbonyl (C=O) groups excluding carboxylic acids is 1. The molecule has 2 aromatic rings. The van der Waals surface area contributed by atoms with Crippen LogP contribution in [0.1, 0.15) is 34.8 Å². The summed E-state index contributed by atoms with van der Waals surface area (Å²) in [4.78, 5) is 19.0. The van der Waals surface area contributed by atoms with E-state index in [-0.39, 0.29) is 12.0 Å². The van der Waals surface area contributed by atoms with Gasteiger partial charge in [0.15, 0.2) is 0 Å². The standard InChI is InChI=1S/C16H24N6O2/c1-5-21-15(8-11(2)18-21)16(23)20-6-7-24-14(9-20)10-22-13(4)17-12(3)19-22/h8,14H,5-7,9-10H2,1-4H3/t14-/m0/s1. The Morgan fingerprint density at radius 2 is 2.08 bits per heavy atom. The third-order valence-corrected chi connectivity index (χ3v) is 4.19. The van der Waals surface area contributed by atoms with Gasteiger partial charge in [-0.05, 0) is 33.8 Å². The van der Waals surface area contributed by atoms with Gasteiger partial charge in [0.2, 0.25) is 0 Å². The molecule has 1 saturated heterocycles. The van der Waals surface area contributed by atoms with Crippen LogP contribution in [0.15, 0.2) is 6.07 Å². The van der Waals surface area contributed by atoms with Crippen molar-refractivity contribution in [2.45, 2.75) is 46.9 Å². The first-order chi connectivity index (χ1) is 11.5. The van der Waals surface area contributed by atoms with Gasteiger partial charge in [0.25, 0.3) is 5.91 Å². The maximum absolute atomic E-state index is 12.8. The van der Waals surface area contributed by atoms with Crippen molar-refractivity contribution in [1.82, 2.24) is 29.4 Å². The van der Waals surface area contributed by atoms with Gasteiger partial charge in [0, 0.05) is 19.6 Å². The molecule has 24 heavy (non-hydrogen) atoms. The molecule has 1 amide bonds. The topological polar surface area (TPSA) is 78.1 Å². The summed E-state index contributed by atoms with van der Waals surface area (Å²) >= 11 is 0. The molecule has 0 saturated carbocycles. The smallest absolute Gasteiger partial charge is 0.272 e. The van der Waals surface area contributed by atoms with E-state index in [1.807, 2.05) is 43.3 Å². The average molecular weight is 332 g/mol. The lowest BCUT2D eigenvalue weighted by Crippen LogP contribution is -2.47. The molecule has 130 valence electrons. The van der Waals surface area contributed by atoms with Crippen molar-refractivity contribution < 1.29 is 9.53 Å². The molecule has 3 rings (SSSR count). The minimum absolute atomic E-state index is 0.0113. The normalized spacial score (nSPS) is 18.2. The number of amides is 1. The third kappa shape index (κ3) is 3.33. The maximum Gasteiger partial charge on any atom is 0.272 e. The van der Waals surface area contributed by atoms with Gasteiger partial charge < -0.3 is 9.64 Å². The minimum Gasteiger partial charge on any atom is -0.373 e. The van der Waals surface area contributed by atoms with Gasteiger partial charge in [-0.1, -0.05) is 0 Å². The maximum atomic E-state index is 12.8. The number of aromatic nitrogens is 5. The summed E-state index contributed by atoms with van der Waals surface area (Å²) in [6.45, 7) is 10.6. The van der Waals surface area contributed by atoms with Crippen molar-refractivity contribution in [2.75, 3.05) is 19.7 Å². The van der Waals surface area contributed by atoms with E-state index in [4.69, 9.17) is 4.74 Å². The largest absolute Gasteiger partial charge is 0.373 e. The van der Waals surface area contributed by atoms with Gasteiger partial charge in [0.1, 0.15) is 17.3 Å².